The Kier molecular flexibility index (Phi) is 5.45. The fourth-order valence-corrected chi connectivity index (χ4v) is 4.67. The maximum Gasteiger partial charge on any atom is 0.217 e. The van der Waals surface area contributed by atoms with Gasteiger partial charge in [-0.25, -0.2) is 8.42 Å². The smallest absolute Gasteiger partial charge is 0.217 e. The fourth-order valence-electron chi connectivity index (χ4n) is 2.03. The molecule has 118 valence electrons. The summed E-state index contributed by atoms with van der Waals surface area (Å²) >= 11 is 6.50. The standard InChI is InChI=1S/C17H13Br2NO2S/c1-11-3-4-12(2)13(7-11)8-15(10-20)23(21,22)17-9-14(18)5-6-16(17)19/h3-9H,1-2H3. The van der Waals surface area contributed by atoms with E-state index in [1.165, 1.54) is 12.1 Å². The number of hydrogen-bond donors (Lipinski definition) is 0. The van der Waals surface area contributed by atoms with E-state index in [4.69, 9.17) is 0 Å². The highest BCUT2D eigenvalue weighted by atomic mass is 79.9. The van der Waals surface area contributed by atoms with Crippen LogP contribution in [0.15, 0.2) is 55.1 Å². The largest absolute Gasteiger partial charge is 0.218 e. The molecule has 0 saturated carbocycles. The quantitative estimate of drug-likeness (QED) is 0.601. The Labute approximate surface area is 152 Å². The minimum Gasteiger partial charge on any atom is -0.218 e. The highest BCUT2D eigenvalue weighted by Crippen LogP contribution is 2.31. The second-order valence-corrected chi connectivity index (χ2v) is 8.72. The molecule has 0 spiro atoms. The molecule has 2 aromatic carbocycles. The van der Waals surface area contributed by atoms with Crippen molar-refractivity contribution >= 4 is 47.8 Å². The Morgan fingerprint density at radius 1 is 1.13 bits per heavy atom. The molecule has 0 amide bonds. The summed E-state index contributed by atoms with van der Waals surface area (Å²) < 4.78 is 26.6. The molecule has 23 heavy (non-hydrogen) atoms. The Morgan fingerprint density at radius 3 is 2.48 bits per heavy atom. The van der Waals surface area contributed by atoms with Crippen molar-refractivity contribution in [2.45, 2.75) is 18.7 Å². The van der Waals surface area contributed by atoms with Crippen molar-refractivity contribution in [2.75, 3.05) is 0 Å². The lowest BCUT2D eigenvalue weighted by atomic mass is 10.1. The number of benzene rings is 2. The lowest BCUT2D eigenvalue weighted by molar-refractivity contribution is 0.603. The second kappa shape index (κ2) is 7.00. The van der Waals surface area contributed by atoms with E-state index in [1.807, 2.05) is 38.1 Å². The first-order valence-corrected chi connectivity index (χ1v) is 9.72. The van der Waals surface area contributed by atoms with Gasteiger partial charge in [0.15, 0.2) is 0 Å². The number of aryl methyl sites for hydroxylation is 2. The third kappa shape index (κ3) is 3.92. The third-order valence-electron chi connectivity index (χ3n) is 3.30. The summed E-state index contributed by atoms with van der Waals surface area (Å²) in [4.78, 5) is -0.227. The van der Waals surface area contributed by atoms with Crippen LogP contribution in [0.2, 0.25) is 0 Å². The Bertz CT molecular complexity index is 942. The van der Waals surface area contributed by atoms with Crippen molar-refractivity contribution < 1.29 is 8.42 Å². The van der Waals surface area contributed by atoms with Gasteiger partial charge in [-0.05, 0) is 65.2 Å². The number of allylic oxidation sites excluding steroid dienone is 1. The van der Waals surface area contributed by atoms with Crippen molar-refractivity contribution in [3.8, 4) is 6.07 Å². The van der Waals surface area contributed by atoms with Gasteiger partial charge in [0.05, 0.1) is 4.90 Å². The normalized spacial score (nSPS) is 12.0. The first kappa shape index (κ1) is 17.9. The molecule has 0 N–H and O–H groups in total. The Hall–Kier alpha value is -1.42. The molecule has 2 rings (SSSR count). The molecule has 0 aliphatic carbocycles. The van der Waals surface area contributed by atoms with Crippen molar-refractivity contribution in [3.63, 3.8) is 0 Å². The predicted octanol–water partition coefficient (Wildman–Crippen LogP) is 5.17. The van der Waals surface area contributed by atoms with Gasteiger partial charge in [-0.3, -0.25) is 0 Å². The maximum absolute atomic E-state index is 12.8. The maximum atomic E-state index is 12.8. The lowest BCUT2D eigenvalue weighted by Crippen LogP contribution is -2.05. The zero-order valence-electron chi connectivity index (χ0n) is 12.5. The molecule has 0 aliphatic rings. The number of halogens is 2. The van der Waals surface area contributed by atoms with Crippen LogP contribution in [-0.2, 0) is 9.84 Å². The molecule has 0 bridgehead atoms. The van der Waals surface area contributed by atoms with Gasteiger partial charge in [0, 0.05) is 8.95 Å². The van der Waals surface area contributed by atoms with Crippen LogP contribution in [0.3, 0.4) is 0 Å². The number of hydrogen-bond acceptors (Lipinski definition) is 3. The van der Waals surface area contributed by atoms with E-state index in [-0.39, 0.29) is 9.80 Å². The SMILES string of the molecule is Cc1ccc(C)c(C=C(C#N)S(=O)(=O)c2cc(Br)ccc2Br)c1. The van der Waals surface area contributed by atoms with Gasteiger partial charge in [0.25, 0.3) is 0 Å². The average molecular weight is 455 g/mol. The van der Waals surface area contributed by atoms with Gasteiger partial charge in [-0.1, -0.05) is 39.7 Å². The van der Waals surface area contributed by atoms with E-state index in [1.54, 1.807) is 12.1 Å². The molecule has 0 atom stereocenters. The number of nitrogens with zero attached hydrogens (tertiary/aromatic N) is 1. The zero-order chi connectivity index (χ0) is 17.2. The van der Waals surface area contributed by atoms with Crippen LogP contribution in [0, 0.1) is 25.2 Å². The summed E-state index contributed by atoms with van der Waals surface area (Å²) in [7, 11) is -3.91. The van der Waals surface area contributed by atoms with Gasteiger partial charge in [-0.2, -0.15) is 5.26 Å². The molecule has 2 aromatic rings. The summed E-state index contributed by atoms with van der Waals surface area (Å²) in [6.45, 7) is 3.80. The van der Waals surface area contributed by atoms with Crippen LogP contribution in [-0.4, -0.2) is 8.42 Å². The Balaban J connectivity index is 2.65. The van der Waals surface area contributed by atoms with Gasteiger partial charge in [-0.15, -0.1) is 0 Å². The summed E-state index contributed by atoms with van der Waals surface area (Å²) in [5.41, 5.74) is 2.63. The molecular formula is C17H13Br2NO2S. The van der Waals surface area contributed by atoms with Gasteiger partial charge in [0.1, 0.15) is 11.0 Å². The molecule has 0 saturated heterocycles. The molecule has 0 heterocycles. The molecule has 0 radical (unpaired) electrons. The summed E-state index contributed by atoms with van der Waals surface area (Å²) in [6.07, 6.45) is 1.42. The number of sulfone groups is 1. The van der Waals surface area contributed by atoms with Crippen LogP contribution in [0.1, 0.15) is 16.7 Å². The molecule has 0 fully saturated rings. The third-order valence-corrected chi connectivity index (χ3v) is 6.46. The van der Waals surface area contributed by atoms with Crippen molar-refractivity contribution in [2.24, 2.45) is 0 Å². The fraction of sp³-hybridized carbons (Fsp3) is 0.118. The molecule has 6 heteroatoms. The van der Waals surface area contributed by atoms with Crippen molar-refractivity contribution in [1.82, 2.24) is 0 Å². The molecule has 0 unspecified atom stereocenters. The summed E-state index contributed by atoms with van der Waals surface area (Å²) in [5, 5.41) is 9.38. The Morgan fingerprint density at radius 2 is 1.83 bits per heavy atom. The van der Waals surface area contributed by atoms with Crippen molar-refractivity contribution in [1.29, 1.82) is 5.26 Å². The van der Waals surface area contributed by atoms with Gasteiger partial charge in [0.2, 0.25) is 9.84 Å². The van der Waals surface area contributed by atoms with Crippen LogP contribution in [0.4, 0.5) is 0 Å². The topological polar surface area (TPSA) is 57.9 Å². The highest BCUT2D eigenvalue weighted by Gasteiger charge is 2.24. The van der Waals surface area contributed by atoms with Crippen LogP contribution >= 0.6 is 31.9 Å². The lowest BCUT2D eigenvalue weighted by Gasteiger charge is -2.08. The molecule has 0 aliphatic heterocycles. The monoisotopic (exact) mass is 453 g/mol. The van der Waals surface area contributed by atoms with Crippen LogP contribution < -0.4 is 0 Å². The highest BCUT2D eigenvalue weighted by molar-refractivity contribution is 9.11. The minimum atomic E-state index is -3.91. The predicted molar refractivity (Wildman–Crippen MR) is 98.5 cm³/mol. The summed E-state index contributed by atoms with van der Waals surface area (Å²) in [5.74, 6) is 0. The molecule has 3 nitrogen and oxygen atoms in total. The first-order chi connectivity index (χ1) is 10.8. The van der Waals surface area contributed by atoms with Gasteiger partial charge < -0.3 is 0 Å². The van der Waals surface area contributed by atoms with Crippen molar-refractivity contribution in [3.05, 3.63) is 66.9 Å². The van der Waals surface area contributed by atoms with E-state index in [0.717, 1.165) is 16.7 Å². The van der Waals surface area contributed by atoms with E-state index in [0.29, 0.717) is 8.95 Å². The summed E-state index contributed by atoms with van der Waals surface area (Å²) in [6, 6.07) is 12.4. The zero-order valence-corrected chi connectivity index (χ0v) is 16.5. The minimum absolute atomic E-state index is 0.0602. The van der Waals surface area contributed by atoms with Crippen LogP contribution in [0.25, 0.3) is 6.08 Å². The second-order valence-electron chi connectivity index (χ2n) is 5.06. The van der Waals surface area contributed by atoms with Gasteiger partial charge >= 0.3 is 0 Å². The number of nitriles is 1. The average Bonchev–Trinajstić information content (AvgIpc) is 2.50. The van der Waals surface area contributed by atoms with E-state index in [2.05, 4.69) is 31.9 Å². The molecular weight excluding hydrogens is 442 g/mol. The number of rotatable bonds is 3. The van der Waals surface area contributed by atoms with E-state index >= 15 is 0 Å². The van der Waals surface area contributed by atoms with Crippen LogP contribution in [0.5, 0.6) is 0 Å². The first-order valence-electron chi connectivity index (χ1n) is 6.65. The van der Waals surface area contributed by atoms with E-state index < -0.39 is 9.84 Å². The van der Waals surface area contributed by atoms with E-state index in [9.17, 15) is 13.7 Å². The molecule has 0 aromatic heterocycles.